The molecule has 1 aliphatic rings. The van der Waals surface area contributed by atoms with Crippen LogP contribution in [0.25, 0.3) is 0 Å². The number of nitrogens with one attached hydrogen (secondary N) is 1. The monoisotopic (exact) mass is 516 g/mol. The van der Waals surface area contributed by atoms with Gasteiger partial charge in [-0.2, -0.15) is 0 Å². The van der Waals surface area contributed by atoms with Crippen LogP contribution in [0.4, 0.5) is 11.4 Å². The molecular formula is C27H37BrN2O3. The van der Waals surface area contributed by atoms with Gasteiger partial charge in [0, 0.05) is 33.4 Å². The molecule has 1 aliphatic carbocycles. The zero-order valence-electron chi connectivity index (χ0n) is 20.5. The summed E-state index contributed by atoms with van der Waals surface area (Å²) >= 11 is 3.39. The Morgan fingerprint density at radius 1 is 1.12 bits per heavy atom. The van der Waals surface area contributed by atoms with Gasteiger partial charge < -0.3 is 15.8 Å². The van der Waals surface area contributed by atoms with E-state index in [-0.39, 0.29) is 17.6 Å². The number of hydrogen-bond donors (Lipinski definition) is 2. The molecule has 1 saturated carbocycles. The Hall–Kier alpha value is -2.34. The highest BCUT2D eigenvalue weighted by Crippen LogP contribution is 2.32. The first kappa shape index (κ1) is 26.9. The molecule has 0 radical (unpaired) electrons. The van der Waals surface area contributed by atoms with Crippen molar-refractivity contribution in [2.45, 2.75) is 66.2 Å². The average molecular weight is 518 g/mol. The van der Waals surface area contributed by atoms with Crippen molar-refractivity contribution in [2.24, 2.45) is 11.8 Å². The summed E-state index contributed by atoms with van der Waals surface area (Å²) < 4.78 is 6.21. The van der Waals surface area contributed by atoms with Gasteiger partial charge in [-0.15, -0.1) is 0 Å². The summed E-state index contributed by atoms with van der Waals surface area (Å²) in [5.74, 6) is 2.02. The maximum atomic E-state index is 12.3. The van der Waals surface area contributed by atoms with Gasteiger partial charge in [-0.25, -0.2) is 0 Å². The summed E-state index contributed by atoms with van der Waals surface area (Å²) in [5, 5.41) is 3.03. The molecule has 6 heteroatoms. The molecular weight excluding hydrogens is 480 g/mol. The molecule has 0 heterocycles. The normalized spacial score (nSPS) is 17.5. The SMILES string of the molecule is CCC1CCC(C(=O)Nc2ccc(C)c(OC)c2)CC1.CCc1c(Br)cc(N)cc1C(C)=O. The molecule has 2 aromatic rings. The summed E-state index contributed by atoms with van der Waals surface area (Å²) in [6.45, 7) is 7.81. The van der Waals surface area contributed by atoms with Crippen LogP contribution in [0.1, 0.15) is 74.4 Å². The quantitative estimate of drug-likeness (QED) is 0.321. The number of ketones is 1. The predicted molar refractivity (Wildman–Crippen MR) is 140 cm³/mol. The first-order chi connectivity index (χ1) is 15.7. The Morgan fingerprint density at radius 3 is 2.33 bits per heavy atom. The largest absolute Gasteiger partial charge is 0.496 e. The third kappa shape index (κ3) is 7.60. The highest BCUT2D eigenvalue weighted by Gasteiger charge is 2.25. The van der Waals surface area contributed by atoms with E-state index in [9.17, 15) is 9.59 Å². The van der Waals surface area contributed by atoms with Crippen molar-refractivity contribution in [3.63, 3.8) is 0 Å². The van der Waals surface area contributed by atoms with Crippen molar-refractivity contribution in [2.75, 3.05) is 18.2 Å². The molecule has 1 fully saturated rings. The van der Waals surface area contributed by atoms with E-state index in [1.165, 1.54) is 19.3 Å². The van der Waals surface area contributed by atoms with Crippen molar-refractivity contribution < 1.29 is 14.3 Å². The fourth-order valence-corrected chi connectivity index (χ4v) is 5.06. The van der Waals surface area contributed by atoms with Gasteiger partial charge in [-0.3, -0.25) is 9.59 Å². The van der Waals surface area contributed by atoms with E-state index in [2.05, 4.69) is 28.2 Å². The Bertz CT molecular complexity index is 966. The van der Waals surface area contributed by atoms with E-state index < -0.39 is 0 Å². The third-order valence-corrected chi connectivity index (χ3v) is 7.13. The first-order valence-corrected chi connectivity index (χ1v) is 12.5. The molecule has 0 atom stereocenters. The summed E-state index contributed by atoms with van der Waals surface area (Å²) in [5.41, 5.74) is 9.91. The van der Waals surface area contributed by atoms with Gasteiger partial charge in [0.2, 0.25) is 5.91 Å². The number of methoxy groups -OCH3 is 1. The number of halogens is 1. The lowest BCUT2D eigenvalue weighted by Gasteiger charge is -2.27. The molecule has 0 saturated heterocycles. The molecule has 0 aliphatic heterocycles. The number of carbonyl (C=O) groups excluding carboxylic acids is 2. The summed E-state index contributed by atoms with van der Waals surface area (Å²) in [7, 11) is 1.65. The van der Waals surface area contributed by atoms with Crippen LogP contribution < -0.4 is 15.8 Å². The standard InChI is InChI=1S/C17H25NO2.C10H12BrNO/c1-4-13-6-8-14(9-7-13)17(19)18-15-10-5-12(2)16(11-15)20-3;1-3-8-9(6(2)13)4-7(12)5-10(8)11/h5,10-11,13-14H,4,6-9H2,1-3H3,(H,18,19);4-5H,3,12H2,1-2H3. The molecule has 33 heavy (non-hydrogen) atoms. The van der Waals surface area contributed by atoms with Crippen LogP contribution >= 0.6 is 15.9 Å². The van der Waals surface area contributed by atoms with E-state index in [4.69, 9.17) is 10.5 Å². The second-order valence-corrected chi connectivity index (χ2v) is 9.59. The lowest BCUT2D eigenvalue weighted by molar-refractivity contribution is -0.121. The maximum Gasteiger partial charge on any atom is 0.227 e. The molecule has 3 N–H and O–H groups in total. The van der Waals surface area contributed by atoms with Crippen LogP contribution in [0.2, 0.25) is 0 Å². The maximum absolute atomic E-state index is 12.3. The van der Waals surface area contributed by atoms with Gasteiger partial charge in [-0.1, -0.05) is 42.3 Å². The van der Waals surface area contributed by atoms with Crippen LogP contribution in [-0.2, 0) is 11.2 Å². The molecule has 5 nitrogen and oxygen atoms in total. The number of nitrogen functional groups attached to an aromatic ring is 1. The van der Waals surface area contributed by atoms with Gasteiger partial charge in [-0.05, 0) is 81.2 Å². The number of hydrogen-bond acceptors (Lipinski definition) is 4. The number of aryl methyl sites for hydroxylation is 1. The second-order valence-electron chi connectivity index (χ2n) is 8.74. The molecule has 2 aromatic carbocycles. The highest BCUT2D eigenvalue weighted by molar-refractivity contribution is 9.10. The van der Waals surface area contributed by atoms with Crippen molar-refractivity contribution in [3.05, 3.63) is 51.5 Å². The minimum atomic E-state index is 0.0600. The Morgan fingerprint density at radius 2 is 1.79 bits per heavy atom. The third-order valence-electron chi connectivity index (χ3n) is 6.42. The lowest BCUT2D eigenvalue weighted by atomic mass is 9.80. The van der Waals surface area contributed by atoms with E-state index in [1.54, 1.807) is 20.1 Å². The minimum Gasteiger partial charge on any atom is -0.496 e. The van der Waals surface area contributed by atoms with Crippen LogP contribution in [0.5, 0.6) is 5.75 Å². The number of nitrogens with two attached hydrogens (primary N) is 1. The Kier molecular flexibility index (Phi) is 10.4. The second kappa shape index (κ2) is 12.8. The smallest absolute Gasteiger partial charge is 0.227 e. The van der Waals surface area contributed by atoms with Crippen LogP contribution in [0.15, 0.2) is 34.8 Å². The first-order valence-electron chi connectivity index (χ1n) is 11.7. The predicted octanol–water partition coefficient (Wildman–Crippen LogP) is 6.95. The van der Waals surface area contributed by atoms with Crippen molar-refractivity contribution in [1.82, 2.24) is 0 Å². The zero-order chi connectivity index (χ0) is 24.5. The van der Waals surface area contributed by atoms with Gasteiger partial charge in [0.05, 0.1) is 7.11 Å². The highest BCUT2D eigenvalue weighted by atomic mass is 79.9. The summed E-state index contributed by atoms with van der Waals surface area (Å²) in [6.07, 6.45) is 6.48. The number of Topliss-reactive ketones (excluding diaryl/α,β-unsaturated/α-hetero) is 1. The van der Waals surface area contributed by atoms with Crippen molar-refractivity contribution >= 4 is 39.0 Å². The molecule has 3 rings (SSSR count). The van der Waals surface area contributed by atoms with Crippen LogP contribution in [0, 0.1) is 18.8 Å². The number of carbonyl (C=O) groups is 2. The van der Waals surface area contributed by atoms with Crippen molar-refractivity contribution in [1.29, 1.82) is 0 Å². The fourth-order valence-electron chi connectivity index (χ4n) is 4.31. The fraction of sp³-hybridized carbons (Fsp3) is 0.481. The number of ether oxygens (including phenoxy) is 1. The molecule has 0 bridgehead atoms. The number of benzene rings is 2. The van der Waals surface area contributed by atoms with E-state index in [0.717, 1.165) is 57.8 Å². The Labute approximate surface area is 206 Å². The van der Waals surface area contributed by atoms with Crippen molar-refractivity contribution in [3.8, 4) is 5.75 Å². The Balaban J connectivity index is 0.000000257. The van der Waals surface area contributed by atoms with Gasteiger partial charge in [0.1, 0.15) is 5.75 Å². The van der Waals surface area contributed by atoms with Gasteiger partial charge in [0.15, 0.2) is 5.78 Å². The van der Waals surface area contributed by atoms with E-state index >= 15 is 0 Å². The lowest BCUT2D eigenvalue weighted by Crippen LogP contribution is -2.27. The molecule has 0 unspecified atom stereocenters. The van der Waals surface area contributed by atoms with Gasteiger partial charge in [0.25, 0.3) is 0 Å². The minimum absolute atomic E-state index is 0.0600. The summed E-state index contributed by atoms with van der Waals surface area (Å²) in [6, 6.07) is 9.36. The van der Waals surface area contributed by atoms with Gasteiger partial charge >= 0.3 is 0 Å². The van der Waals surface area contributed by atoms with Crippen LogP contribution in [0.3, 0.4) is 0 Å². The average Bonchev–Trinajstić information content (AvgIpc) is 2.80. The molecule has 0 spiro atoms. The molecule has 0 aromatic heterocycles. The molecule has 1 amide bonds. The van der Waals surface area contributed by atoms with E-state index in [1.807, 2.05) is 38.1 Å². The number of anilines is 2. The topological polar surface area (TPSA) is 81.4 Å². The summed E-state index contributed by atoms with van der Waals surface area (Å²) in [4.78, 5) is 23.5. The zero-order valence-corrected chi connectivity index (χ0v) is 22.1. The number of amides is 1. The number of rotatable bonds is 6. The molecule has 180 valence electrons. The van der Waals surface area contributed by atoms with E-state index in [0.29, 0.717) is 5.69 Å². The van der Waals surface area contributed by atoms with Crippen LogP contribution in [-0.4, -0.2) is 18.8 Å².